The van der Waals surface area contributed by atoms with Crippen LogP contribution in [0.4, 0.5) is 5.69 Å². The summed E-state index contributed by atoms with van der Waals surface area (Å²) in [5, 5.41) is 0. The van der Waals surface area contributed by atoms with E-state index in [1.165, 1.54) is 6.92 Å². The van der Waals surface area contributed by atoms with E-state index in [0.717, 1.165) is 4.57 Å². The molecule has 6 heteroatoms. The van der Waals surface area contributed by atoms with Gasteiger partial charge in [0.2, 0.25) is 5.91 Å². The fraction of sp³-hybridized carbons (Fsp3) is 0.182. The lowest BCUT2D eigenvalue weighted by Gasteiger charge is -2.00. The molecule has 0 saturated heterocycles. The molecule has 3 N–H and O–H groups in total. The zero-order valence-corrected chi connectivity index (χ0v) is 9.19. The Bertz CT molecular complexity index is 666. The number of nitrogens with zero attached hydrogens (tertiary/aromatic N) is 1. The summed E-state index contributed by atoms with van der Waals surface area (Å²) >= 11 is 0. The third kappa shape index (κ3) is 1.96. The number of aromatic amines is 1. The van der Waals surface area contributed by atoms with Gasteiger partial charge in [0.25, 0.3) is 0 Å². The standard InChI is InChI=1S/C11H11N3O3/c1-6(15)4-10(16)14-9-3-2-7(12)5-8(9)13-11(14)17/h2-3,5H,4,12H2,1H3,(H,13,17). The zero-order chi connectivity index (χ0) is 12.6. The van der Waals surface area contributed by atoms with E-state index >= 15 is 0 Å². The summed E-state index contributed by atoms with van der Waals surface area (Å²) in [6, 6.07) is 4.72. The summed E-state index contributed by atoms with van der Waals surface area (Å²) in [7, 11) is 0. The number of carbonyl (C=O) groups excluding carboxylic acids is 2. The monoisotopic (exact) mass is 233 g/mol. The first-order chi connectivity index (χ1) is 7.99. The molecule has 1 heterocycles. The maximum absolute atomic E-state index is 11.7. The number of hydrogen-bond donors (Lipinski definition) is 2. The number of imidazole rings is 1. The third-order valence-electron chi connectivity index (χ3n) is 2.36. The topological polar surface area (TPSA) is 98.0 Å². The van der Waals surface area contributed by atoms with Crippen LogP contribution in [0.3, 0.4) is 0 Å². The number of rotatable bonds is 2. The van der Waals surface area contributed by atoms with E-state index in [-0.39, 0.29) is 12.2 Å². The Morgan fingerprint density at radius 2 is 2.12 bits per heavy atom. The normalized spacial score (nSPS) is 10.6. The van der Waals surface area contributed by atoms with E-state index in [0.29, 0.717) is 16.7 Å². The number of nitrogens with two attached hydrogens (primary N) is 1. The highest BCUT2D eigenvalue weighted by Gasteiger charge is 2.15. The van der Waals surface area contributed by atoms with Crippen molar-refractivity contribution >= 4 is 28.4 Å². The van der Waals surface area contributed by atoms with Crippen LogP contribution >= 0.6 is 0 Å². The number of anilines is 1. The van der Waals surface area contributed by atoms with Gasteiger partial charge in [-0.05, 0) is 25.1 Å². The number of aromatic nitrogens is 2. The van der Waals surface area contributed by atoms with Crippen molar-refractivity contribution in [1.29, 1.82) is 0 Å². The molecule has 88 valence electrons. The molecule has 0 amide bonds. The minimum absolute atomic E-state index is 0.285. The molecule has 2 rings (SSSR count). The Morgan fingerprint density at radius 1 is 1.41 bits per heavy atom. The van der Waals surface area contributed by atoms with Crippen LogP contribution in [0.1, 0.15) is 18.1 Å². The lowest BCUT2D eigenvalue weighted by molar-refractivity contribution is -0.116. The Kier molecular flexibility index (Phi) is 2.55. The van der Waals surface area contributed by atoms with Gasteiger partial charge in [0.15, 0.2) is 0 Å². The molecule has 0 aliphatic rings. The van der Waals surface area contributed by atoms with Crippen LogP contribution in [-0.4, -0.2) is 21.2 Å². The van der Waals surface area contributed by atoms with Gasteiger partial charge < -0.3 is 10.7 Å². The van der Waals surface area contributed by atoms with Gasteiger partial charge in [-0.15, -0.1) is 0 Å². The van der Waals surface area contributed by atoms with Crippen molar-refractivity contribution in [3.05, 3.63) is 28.7 Å². The van der Waals surface area contributed by atoms with E-state index in [1.54, 1.807) is 18.2 Å². The van der Waals surface area contributed by atoms with Crippen molar-refractivity contribution in [2.24, 2.45) is 0 Å². The molecule has 0 fully saturated rings. The maximum Gasteiger partial charge on any atom is 0.333 e. The van der Waals surface area contributed by atoms with Gasteiger partial charge in [0, 0.05) is 5.69 Å². The van der Waals surface area contributed by atoms with Crippen LogP contribution in [-0.2, 0) is 4.79 Å². The van der Waals surface area contributed by atoms with Crippen molar-refractivity contribution in [2.75, 3.05) is 5.73 Å². The molecule has 0 aliphatic carbocycles. The first-order valence-corrected chi connectivity index (χ1v) is 5.02. The molecular weight excluding hydrogens is 222 g/mol. The van der Waals surface area contributed by atoms with Crippen LogP contribution in [0, 0.1) is 0 Å². The van der Waals surface area contributed by atoms with E-state index in [2.05, 4.69) is 4.98 Å². The molecule has 0 aliphatic heterocycles. The van der Waals surface area contributed by atoms with Gasteiger partial charge in [0.1, 0.15) is 5.78 Å². The van der Waals surface area contributed by atoms with Crippen molar-refractivity contribution < 1.29 is 9.59 Å². The fourth-order valence-electron chi connectivity index (χ4n) is 1.67. The van der Waals surface area contributed by atoms with Crippen LogP contribution < -0.4 is 11.4 Å². The lowest BCUT2D eigenvalue weighted by Crippen LogP contribution is -2.25. The highest BCUT2D eigenvalue weighted by Crippen LogP contribution is 2.14. The second-order valence-electron chi connectivity index (χ2n) is 3.81. The van der Waals surface area contributed by atoms with E-state index < -0.39 is 11.6 Å². The zero-order valence-electron chi connectivity index (χ0n) is 9.19. The van der Waals surface area contributed by atoms with Crippen molar-refractivity contribution in [3.63, 3.8) is 0 Å². The summed E-state index contributed by atoms with van der Waals surface area (Å²) < 4.78 is 0.955. The number of benzene rings is 1. The molecular formula is C11H11N3O3. The Morgan fingerprint density at radius 3 is 2.76 bits per heavy atom. The summed E-state index contributed by atoms with van der Waals surface area (Å²) in [5.74, 6) is -0.829. The van der Waals surface area contributed by atoms with Gasteiger partial charge >= 0.3 is 5.69 Å². The molecule has 0 atom stereocenters. The van der Waals surface area contributed by atoms with Gasteiger partial charge in [-0.1, -0.05) is 0 Å². The molecule has 0 spiro atoms. The number of fused-ring (bicyclic) bond motifs is 1. The highest BCUT2D eigenvalue weighted by atomic mass is 16.2. The summed E-state index contributed by atoms with van der Waals surface area (Å²) in [6.07, 6.45) is -0.294. The van der Waals surface area contributed by atoms with E-state index in [1.807, 2.05) is 0 Å². The quantitative estimate of drug-likeness (QED) is 0.584. The number of ketones is 1. The smallest absolute Gasteiger partial charge is 0.333 e. The maximum atomic E-state index is 11.7. The predicted octanol–water partition coefficient (Wildman–Crippen LogP) is 0.531. The van der Waals surface area contributed by atoms with Crippen molar-refractivity contribution in [2.45, 2.75) is 13.3 Å². The fourth-order valence-corrected chi connectivity index (χ4v) is 1.67. The molecule has 2 aromatic rings. The average molecular weight is 233 g/mol. The largest absolute Gasteiger partial charge is 0.399 e. The Balaban J connectivity index is 2.61. The molecule has 0 saturated carbocycles. The summed E-state index contributed by atoms with van der Waals surface area (Å²) in [6.45, 7) is 1.30. The second kappa shape index (κ2) is 3.89. The van der Waals surface area contributed by atoms with Gasteiger partial charge in [-0.2, -0.15) is 0 Å². The average Bonchev–Trinajstić information content (AvgIpc) is 2.51. The summed E-state index contributed by atoms with van der Waals surface area (Å²) in [5.41, 5.74) is 6.41. The minimum atomic E-state index is -0.558. The predicted molar refractivity (Wildman–Crippen MR) is 62.9 cm³/mol. The molecule has 1 aromatic carbocycles. The summed E-state index contributed by atoms with van der Waals surface area (Å²) in [4.78, 5) is 36.7. The number of carbonyl (C=O) groups is 2. The third-order valence-corrected chi connectivity index (χ3v) is 2.36. The SMILES string of the molecule is CC(=O)CC(=O)n1c(=O)[nH]c2cc(N)ccc21. The number of hydrogen-bond acceptors (Lipinski definition) is 4. The minimum Gasteiger partial charge on any atom is -0.399 e. The van der Waals surface area contributed by atoms with Crippen LogP contribution in [0.25, 0.3) is 11.0 Å². The molecule has 6 nitrogen and oxygen atoms in total. The first kappa shape index (κ1) is 11.1. The van der Waals surface area contributed by atoms with Crippen LogP contribution in [0.5, 0.6) is 0 Å². The molecule has 17 heavy (non-hydrogen) atoms. The van der Waals surface area contributed by atoms with E-state index in [9.17, 15) is 14.4 Å². The lowest BCUT2D eigenvalue weighted by atomic mass is 10.2. The van der Waals surface area contributed by atoms with Gasteiger partial charge in [-0.3, -0.25) is 9.59 Å². The van der Waals surface area contributed by atoms with E-state index in [4.69, 9.17) is 5.73 Å². The highest BCUT2D eigenvalue weighted by molar-refractivity contribution is 6.01. The number of Topliss-reactive ketones (excluding diaryl/α,β-unsaturated/α-hetero) is 1. The molecule has 1 aromatic heterocycles. The first-order valence-electron chi connectivity index (χ1n) is 5.02. The number of nitrogen functional groups attached to an aromatic ring is 1. The van der Waals surface area contributed by atoms with Crippen LogP contribution in [0.15, 0.2) is 23.0 Å². The Labute approximate surface area is 96.0 Å². The molecule has 0 radical (unpaired) electrons. The van der Waals surface area contributed by atoms with Crippen LogP contribution in [0.2, 0.25) is 0 Å². The second-order valence-corrected chi connectivity index (χ2v) is 3.81. The van der Waals surface area contributed by atoms with Gasteiger partial charge in [-0.25, -0.2) is 9.36 Å². The number of nitrogens with one attached hydrogen (secondary N) is 1. The number of H-pyrrole nitrogens is 1. The molecule has 0 bridgehead atoms. The molecule has 0 unspecified atom stereocenters. The Hall–Kier alpha value is -2.37. The van der Waals surface area contributed by atoms with Gasteiger partial charge in [0.05, 0.1) is 17.5 Å². The van der Waals surface area contributed by atoms with Crippen molar-refractivity contribution in [3.8, 4) is 0 Å². The van der Waals surface area contributed by atoms with Crippen molar-refractivity contribution in [1.82, 2.24) is 9.55 Å².